The molecule has 0 saturated heterocycles. The highest BCUT2D eigenvalue weighted by Gasteiger charge is 2.10. The quantitative estimate of drug-likeness (QED) is 0.363. The van der Waals surface area contributed by atoms with Gasteiger partial charge in [0.1, 0.15) is 0 Å². The molecule has 0 aliphatic carbocycles. The maximum atomic E-state index is 10.8. The largest absolute Gasteiger partial charge is 0.270 e. The second-order valence-corrected chi connectivity index (χ2v) is 4.99. The Hall–Kier alpha value is -1.72. The van der Waals surface area contributed by atoms with E-state index in [1.165, 1.54) is 22.4 Å². The van der Waals surface area contributed by atoms with Gasteiger partial charge in [0.2, 0.25) is 0 Å². The van der Waals surface area contributed by atoms with Crippen molar-refractivity contribution in [2.75, 3.05) is 6.26 Å². The first-order valence-corrected chi connectivity index (χ1v) is 7.23. The fraction of sp³-hybridized carbons (Fsp3) is 0.0714. The number of nitro groups is 1. The topological polar surface area (TPSA) is 43.1 Å². The average molecular weight is 289 g/mol. The number of hydrogen-bond acceptors (Lipinski definition) is 4. The van der Waals surface area contributed by atoms with Crippen LogP contribution < -0.4 is 0 Å². The molecule has 2 aromatic carbocycles. The molecule has 0 saturated carbocycles. The fourth-order valence-electron chi connectivity index (χ4n) is 1.79. The minimum Gasteiger partial charge on any atom is -0.258 e. The highest BCUT2D eigenvalue weighted by Crippen LogP contribution is 2.28. The van der Waals surface area contributed by atoms with Crippen LogP contribution in [0.3, 0.4) is 0 Å². The summed E-state index contributed by atoms with van der Waals surface area (Å²) in [6.45, 7) is 0. The van der Waals surface area contributed by atoms with Gasteiger partial charge in [0.25, 0.3) is 5.69 Å². The second-order valence-electron chi connectivity index (χ2n) is 3.88. The number of rotatable bonds is 4. The molecule has 2 aromatic rings. The number of benzene rings is 2. The van der Waals surface area contributed by atoms with Crippen LogP contribution in [0.15, 0.2) is 47.4 Å². The Morgan fingerprint density at radius 2 is 1.89 bits per heavy atom. The Morgan fingerprint density at radius 3 is 2.42 bits per heavy atom. The molecule has 5 heteroatoms. The molecule has 0 aromatic heterocycles. The first-order chi connectivity index (χ1) is 9.15. The summed E-state index contributed by atoms with van der Waals surface area (Å²) in [5.74, 6) is 0. The van der Waals surface area contributed by atoms with Crippen LogP contribution in [0.4, 0.5) is 5.69 Å². The lowest BCUT2D eigenvalue weighted by Crippen LogP contribution is -1.92. The molecule has 96 valence electrons. The van der Waals surface area contributed by atoms with Crippen LogP contribution in [-0.4, -0.2) is 16.5 Å². The van der Waals surface area contributed by atoms with Gasteiger partial charge in [-0.05, 0) is 41.1 Å². The number of thioether (sulfide) groups is 1. The summed E-state index contributed by atoms with van der Waals surface area (Å²) in [6, 6.07) is 12.8. The third kappa shape index (κ3) is 3.00. The van der Waals surface area contributed by atoms with E-state index in [4.69, 9.17) is 12.2 Å². The maximum Gasteiger partial charge on any atom is 0.270 e. The van der Waals surface area contributed by atoms with Crippen molar-refractivity contribution in [2.24, 2.45) is 0 Å². The minimum absolute atomic E-state index is 0.0561. The van der Waals surface area contributed by atoms with E-state index in [2.05, 4.69) is 0 Å². The van der Waals surface area contributed by atoms with Crippen LogP contribution in [0.2, 0.25) is 0 Å². The molecule has 0 N–H and O–H groups in total. The predicted octanol–water partition coefficient (Wildman–Crippen LogP) is 4.33. The Bertz CT molecular complexity index is 624. The van der Waals surface area contributed by atoms with Gasteiger partial charge in [-0.1, -0.05) is 24.4 Å². The summed E-state index contributed by atoms with van der Waals surface area (Å²) in [7, 11) is 0. The standard InChI is InChI=1S/C14H11NO2S2/c1-19-13-5-2-10(3-6-13)14-7-4-12(15(16)17)8-11(14)9-18/h2-9H,1H3. The Balaban J connectivity index is 2.48. The number of hydrogen-bond donors (Lipinski definition) is 0. The van der Waals surface area contributed by atoms with Crippen molar-refractivity contribution in [3.05, 3.63) is 58.1 Å². The minimum atomic E-state index is -0.414. The molecule has 3 nitrogen and oxygen atoms in total. The van der Waals surface area contributed by atoms with E-state index in [0.717, 1.165) is 11.1 Å². The van der Waals surface area contributed by atoms with E-state index in [1.54, 1.807) is 17.8 Å². The molecular formula is C14H11NO2S2. The van der Waals surface area contributed by atoms with Crippen molar-refractivity contribution in [3.63, 3.8) is 0 Å². The van der Waals surface area contributed by atoms with Crippen LogP contribution in [0.5, 0.6) is 0 Å². The maximum absolute atomic E-state index is 10.8. The SMILES string of the molecule is CSc1ccc(-c2ccc([N+](=O)[O-])cc2C=S)cc1. The third-order valence-corrected chi connectivity index (χ3v) is 3.77. The lowest BCUT2D eigenvalue weighted by atomic mass is 10.0. The molecule has 0 aliphatic heterocycles. The molecule has 0 bridgehead atoms. The van der Waals surface area contributed by atoms with E-state index in [9.17, 15) is 10.1 Å². The molecule has 2 rings (SSSR count). The number of thiocarbonyl (C=S) groups is 1. The van der Waals surface area contributed by atoms with Gasteiger partial charge in [-0.15, -0.1) is 11.8 Å². The van der Waals surface area contributed by atoms with Crippen molar-refractivity contribution >= 4 is 35.0 Å². The zero-order valence-corrected chi connectivity index (χ0v) is 11.8. The van der Waals surface area contributed by atoms with Gasteiger partial charge in [-0.2, -0.15) is 0 Å². The summed E-state index contributed by atoms with van der Waals surface area (Å²) in [5.41, 5.74) is 2.67. The molecular weight excluding hydrogens is 278 g/mol. The fourth-order valence-corrected chi connectivity index (χ4v) is 2.40. The van der Waals surface area contributed by atoms with Crippen LogP contribution in [-0.2, 0) is 0 Å². The lowest BCUT2D eigenvalue weighted by Gasteiger charge is -2.06. The Morgan fingerprint density at radius 1 is 1.21 bits per heavy atom. The molecule has 0 aliphatic rings. The van der Waals surface area contributed by atoms with Gasteiger partial charge in [0.15, 0.2) is 0 Å². The molecule has 0 amide bonds. The summed E-state index contributed by atoms with van der Waals surface area (Å²) >= 11 is 6.62. The molecule has 0 heterocycles. The molecule has 0 unspecified atom stereocenters. The van der Waals surface area contributed by atoms with Crippen LogP contribution in [0, 0.1) is 10.1 Å². The smallest absolute Gasteiger partial charge is 0.258 e. The van der Waals surface area contributed by atoms with Crippen LogP contribution in [0.25, 0.3) is 11.1 Å². The zero-order chi connectivity index (χ0) is 13.8. The summed E-state index contributed by atoms with van der Waals surface area (Å²) in [5, 5.41) is 12.2. The van der Waals surface area contributed by atoms with E-state index in [1.807, 2.05) is 30.5 Å². The Labute approximate surface area is 120 Å². The van der Waals surface area contributed by atoms with Crippen LogP contribution >= 0.6 is 24.0 Å². The van der Waals surface area contributed by atoms with E-state index >= 15 is 0 Å². The van der Waals surface area contributed by atoms with Gasteiger partial charge in [-0.25, -0.2) is 0 Å². The number of nitrogens with zero attached hydrogens (tertiary/aromatic N) is 1. The summed E-state index contributed by atoms with van der Waals surface area (Å²) in [4.78, 5) is 11.5. The van der Waals surface area contributed by atoms with Gasteiger partial charge in [-0.3, -0.25) is 10.1 Å². The van der Waals surface area contributed by atoms with Crippen molar-refractivity contribution in [2.45, 2.75) is 4.90 Å². The van der Waals surface area contributed by atoms with Gasteiger partial charge in [0, 0.05) is 22.4 Å². The van der Waals surface area contributed by atoms with Crippen molar-refractivity contribution in [1.82, 2.24) is 0 Å². The van der Waals surface area contributed by atoms with E-state index in [0.29, 0.717) is 5.56 Å². The first kappa shape index (κ1) is 13.7. The van der Waals surface area contributed by atoms with Gasteiger partial charge >= 0.3 is 0 Å². The summed E-state index contributed by atoms with van der Waals surface area (Å²) in [6.07, 6.45) is 2.02. The van der Waals surface area contributed by atoms with Gasteiger partial charge < -0.3 is 0 Å². The predicted molar refractivity (Wildman–Crippen MR) is 83.1 cm³/mol. The normalized spacial score (nSPS) is 10.2. The van der Waals surface area contributed by atoms with E-state index < -0.39 is 4.92 Å². The number of non-ortho nitro benzene ring substituents is 1. The van der Waals surface area contributed by atoms with Crippen LogP contribution in [0.1, 0.15) is 5.56 Å². The van der Waals surface area contributed by atoms with Crippen molar-refractivity contribution in [1.29, 1.82) is 0 Å². The second kappa shape index (κ2) is 5.95. The summed E-state index contributed by atoms with van der Waals surface area (Å²) < 4.78 is 0. The first-order valence-electron chi connectivity index (χ1n) is 5.53. The molecule has 0 spiro atoms. The zero-order valence-electron chi connectivity index (χ0n) is 10.2. The third-order valence-electron chi connectivity index (χ3n) is 2.77. The molecule has 0 radical (unpaired) electrons. The molecule has 19 heavy (non-hydrogen) atoms. The lowest BCUT2D eigenvalue weighted by molar-refractivity contribution is -0.384. The van der Waals surface area contributed by atoms with Crippen molar-refractivity contribution in [3.8, 4) is 11.1 Å². The van der Waals surface area contributed by atoms with Crippen molar-refractivity contribution < 1.29 is 4.92 Å². The van der Waals surface area contributed by atoms with E-state index in [-0.39, 0.29) is 5.69 Å². The van der Waals surface area contributed by atoms with Gasteiger partial charge in [0.05, 0.1) is 4.92 Å². The highest BCUT2D eigenvalue weighted by atomic mass is 32.2. The number of nitro benzene ring substituents is 1. The highest BCUT2D eigenvalue weighted by molar-refractivity contribution is 7.98. The molecule has 0 atom stereocenters. The Kier molecular flexibility index (Phi) is 4.29. The molecule has 0 fully saturated rings. The monoisotopic (exact) mass is 289 g/mol. The average Bonchev–Trinajstić information content (AvgIpc) is 2.46.